The number of aliphatic carboxylic acids is 1. The van der Waals surface area contributed by atoms with Crippen LogP contribution in [0, 0.1) is 17.8 Å². The number of hydrogen-bond acceptors (Lipinski definition) is 5. The molecule has 7 nitrogen and oxygen atoms in total. The summed E-state index contributed by atoms with van der Waals surface area (Å²) >= 11 is 0. The maximum absolute atomic E-state index is 13.9. The quantitative estimate of drug-likeness (QED) is 0.228. The number of carbonyl (C=O) groups excluding carboxylic acids is 3. The number of imide groups is 1. The molecular weight excluding hydrogens is 504 g/mol. The molecule has 5 atom stereocenters. The molecule has 5 unspecified atom stereocenters. The number of nitrogens with one attached hydrogen (secondary N) is 1. The Morgan fingerprint density at radius 1 is 0.925 bits per heavy atom. The van der Waals surface area contributed by atoms with Gasteiger partial charge in [0.2, 0.25) is 11.8 Å². The van der Waals surface area contributed by atoms with E-state index >= 15 is 0 Å². The number of fused-ring (bicyclic) bond motifs is 1. The lowest BCUT2D eigenvalue weighted by Gasteiger charge is -2.36. The zero-order valence-corrected chi connectivity index (χ0v) is 22.7. The zero-order chi connectivity index (χ0) is 28.6. The predicted octanol–water partition coefficient (Wildman–Crippen LogP) is 5.38. The Bertz CT molecular complexity index is 1480. The molecule has 0 aromatic heterocycles. The molecule has 2 aliphatic rings. The molecule has 2 fully saturated rings. The molecule has 0 saturated carbocycles. The number of ketones is 1. The Kier molecular flexibility index (Phi) is 7.25. The van der Waals surface area contributed by atoms with Crippen molar-refractivity contribution in [1.82, 2.24) is 5.32 Å². The zero-order valence-electron chi connectivity index (χ0n) is 22.7. The van der Waals surface area contributed by atoms with Gasteiger partial charge < -0.3 is 5.11 Å². The number of benzene rings is 3. The molecule has 0 spiro atoms. The van der Waals surface area contributed by atoms with Gasteiger partial charge in [-0.1, -0.05) is 87.0 Å². The summed E-state index contributed by atoms with van der Waals surface area (Å²) in [4.78, 5) is 53.7. The third-order valence-corrected chi connectivity index (χ3v) is 8.43. The van der Waals surface area contributed by atoms with E-state index < -0.39 is 47.1 Å². The van der Waals surface area contributed by atoms with Crippen LogP contribution in [0.4, 0.5) is 5.69 Å². The van der Waals surface area contributed by atoms with E-state index in [2.05, 4.69) is 5.32 Å². The fourth-order valence-corrected chi connectivity index (χ4v) is 6.08. The second-order valence-corrected chi connectivity index (χ2v) is 10.6. The van der Waals surface area contributed by atoms with Crippen molar-refractivity contribution in [2.75, 3.05) is 4.90 Å². The summed E-state index contributed by atoms with van der Waals surface area (Å²) in [6, 6.07) is 23.1. The lowest BCUT2D eigenvalue weighted by atomic mass is 9.72. The van der Waals surface area contributed by atoms with E-state index in [-0.39, 0.29) is 5.78 Å². The molecule has 0 aliphatic carbocycles. The van der Waals surface area contributed by atoms with Crippen molar-refractivity contribution in [1.29, 1.82) is 0 Å². The minimum atomic E-state index is -1.61. The van der Waals surface area contributed by atoms with Crippen molar-refractivity contribution < 1.29 is 24.3 Å². The second-order valence-electron chi connectivity index (χ2n) is 10.6. The van der Waals surface area contributed by atoms with Crippen molar-refractivity contribution >= 4 is 41.4 Å². The van der Waals surface area contributed by atoms with Gasteiger partial charge in [0, 0.05) is 11.6 Å². The van der Waals surface area contributed by atoms with Gasteiger partial charge in [-0.25, -0.2) is 4.90 Å². The summed E-state index contributed by atoms with van der Waals surface area (Å²) < 4.78 is 0. The van der Waals surface area contributed by atoms with Gasteiger partial charge in [0.05, 0.1) is 17.5 Å². The maximum Gasteiger partial charge on any atom is 0.325 e. The lowest BCUT2D eigenvalue weighted by molar-refractivity contribution is -0.151. The van der Waals surface area contributed by atoms with Gasteiger partial charge >= 0.3 is 5.97 Å². The highest BCUT2D eigenvalue weighted by Crippen LogP contribution is 2.52. The van der Waals surface area contributed by atoms with Crippen LogP contribution in [0.25, 0.3) is 12.2 Å². The first-order chi connectivity index (χ1) is 19.2. The molecular formula is C33H32N2O5. The highest BCUT2D eigenvalue weighted by Gasteiger charge is 2.70. The van der Waals surface area contributed by atoms with Crippen LogP contribution in [0.3, 0.4) is 0 Å². The fourth-order valence-electron chi connectivity index (χ4n) is 6.08. The molecule has 204 valence electrons. The van der Waals surface area contributed by atoms with Gasteiger partial charge in [-0.15, -0.1) is 0 Å². The Labute approximate surface area is 233 Å². The minimum Gasteiger partial charge on any atom is -0.480 e. The predicted molar refractivity (Wildman–Crippen MR) is 153 cm³/mol. The summed E-state index contributed by atoms with van der Waals surface area (Å²) in [7, 11) is 0. The van der Waals surface area contributed by atoms with E-state index in [9.17, 15) is 24.3 Å². The van der Waals surface area contributed by atoms with E-state index in [1.807, 2.05) is 73.7 Å². The molecule has 5 rings (SSSR count). The van der Waals surface area contributed by atoms with Crippen LogP contribution in [0.15, 0.2) is 78.9 Å². The number of carboxylic acid groups (broad SMARTS) is 1. The van der Waals surface area contributed by atoms with E-state index in [1.54, 1.807) is 31.2 Å². The van der Waals surface area contributed by atoms with E-state index in [0.29, 0.717) is 17.7 Å². The van der Waals surface area contributed by atoms with Gasteiger partial charge in [-0.2, -0.15) is 0 Å². The normalized spacial score (nSPS) is 24.9. The van der Waals surface area contributed by atoms with Crippen molar-refractivity contribution in [3.63, 3.8) is 0 Å². The highest BCUT2D eigenvalue weighted by molar-refractivity contribution is 6.24. The van der Waals surface area contributed by atoms with Crippen LogP contribution in [0.2, 0.25) is 0 Å². The summed E-state index contributed by atoms with van der Waals surface area (Å²) in [6.07, 6.45) is 4.50. The van der Waals surface area contributed by atoms with Crippen LogP contribution in [0.1, 0.15) is 60.3 Å². The van der Waals surface area contributed by atoms with Crippen LogP contribution in [-0.2, 0) is 14.4 Å². The van der Waals surface area contributed by atoms with Crippen LogP contribution < -0.4 is 10.2 Å². The summed E-state index contributed by atoms with van der Waals surface area (Å²) in [5.74, 6) is -4.65. The molecule has 2 N–H and O–H groups in total. The lowest BCUT2D eigenvalue weighted by Crippen LogP contribution is -2.59. The van der Waals surface area contributed by atoms with Gasteiger partial charge in [-0.05, 0) is 53.8 Å². The Balaban J connectivity index is 1.53. The standard InChI is InChI=1S/C33H32N2O5/c1-4-20(2)33(32(39)40)28-27(30(37)35(31(28)38)26-18-16-24(17-19-26)21(3)36)29(34-33)25-14-12-23(13-15-25)11-10-22-8-6-5-7-9-22/h5-20,27-29,34H,4H2,1-3H3,(H,39,40). The SMILES string of the molecule is CCC(C)C1(C(=O)O)NC(c2ccc(C=Cc3ccccc3)cc2)C2C(=O)N(c3ccc(C(C)=O)cc3)C(=O)C21. The molecule has 0 radical (unpaired) electrons. The molecule has 3 aromatic rings. The van der Waals surface area contributed by atoms with Crippen molar-refractivity contribution in [2.24, 2.45) is 17.8 Å². The Morgan fingerprint density at radius 2 is 1.52 bits per heavy atom. The van der Waals surface area contributed by atoms with Crippen LogP contribution in [0.5, 0.6) is 0 Å². The number of amides is 2. The molecule has 2 aliphatic heterocycles. The number of hydrogen-bond donors (Lipinski definition) is 2. The van der Waals surface area contributed by atoms with Crippen molar-refractivity contribution in [3.05, 3.63) is 101 Å². The molecule has 3 aromatic carbocycles. The number of carboxylic acids is 1. The van der Waals surface area contributed by atoms with Crippen molar-refractivity contribution in [3.8, 4) is 0 Å². The summed E-state index contributed by atoms with van der Waals surface area (Å²) in [5.41, 5.74) is 1.94. The van der Waals surface area contributed by atoms with E-state index in [0.717, 1.165) is 21.6 Å². The van der Waals surface area contributed by atoms with E-state index in [4.69, 9.17) is 0 Å². The monoisotopic (exact) mass is 536 g/mol. The Morgan fingerprint density at radius 3 is 2.08 bits per heavy atom. The Hall–Kier alpha value is -4.36. The highest BCUT2D eigenvalue weighted by atomic mass is 16.4. The average molecular weight is 537 g/mol. The van der Waals surface area contributed by atoms with Gasteiger partial charge in [0.25, 0.3) is 0 Å². The third kappa shape index (κ3) is 4.46. The second kappa shape index (κ2) is 10.7. The van der Waals surface area contributed by atoms with E-state index in [1.165, 1.54) is 6.92 Å². The van der Waals surface area contributed by atoms with Crippen LogP contribution in [-0.4, -0.2) is 34.2 Å². The molecule has 7 heteroatoms. The number of carbonyl (C=O) groups is 4. The summed E-state index contributed by atoms with van der Waals surface area (Å²) in [5, 5.41) is 13.8. The third-order valence-electron chi connectivity index (χ3n) is 8.43. The topological polar surface area (TPSA) is 104 Å². The van der Waals surface area contributed by atoms with Gasteiger partial charge in [0.15, 0.2) is 5.78 Å². The van der Waals surface area contributed by atoms with Crippen LogP contribution >= 0.6 is 0 Å². The van der Waals surface area contributed by atoms with Gasteiger partial charge in [0.1, 0.15) is 5.54 Å². The first-order valence-corrected chi connectivity index (χ1v) is 13.5. The molecule has 0 bridgehead atoms. The average Bonchev–Trinajstić information content (AvgIpc) is 3.46. The molecule has 2 saturated heterocycles. The molecule has 40 heavy (non-hydrogen) atoms. The maximum atomic E-state index is 13.9. The first-order valence-electron chi connectivity index (χ1n) is 13.5. The van der Waals surface area contributed by atoms with Crippen molar-refractivity contribution in [2.45, 2.75) is 38.8 Å². The smallest absolute Gasteiger partial charge is 0.325 e. The number of anilines is 1. The summed E-state index contributed by atoms with van der Waals surface area (Å²) in [6.45, 7) is 5.13. The molecule has 2 amide bonds. The fraction of sp³-hybridized carbons (Fsp3) is 0.273. The minimum absolute atomic E-state index is 0.129. The number of Topliss-reactive ketones (excluding diaryl/α,β-unsaturated/α-hetero) is 1. The molecule has 2 heterocycles. The largest absolute Gasteiger partial charge is 0.480 e. The van der Waals surface area contributed by atoms with Gasteiger partial charge in [-0.3, -0.25) is 24.5 Å². The number of rotatable bonds is 8. The number of nitrogens with zero attached hydrogens (tertiary/aromatic N) is 1. The first kappa shape index (κ1) is 27.2.